The third kappa shape index (κ3) is 5.85. The van der Waals surface area contributed by atoms with Crippen molar-refractivity contribution in [3.05, 3.63) is 115 Å². The highest BCUT2D eigenvalue weighted by atomic mass is 32.2. The Morgan fingerprint density at radius 3 is 2.32 bits per heavy atom. The summed E-state index contributed by atoms with van der Waals surface area (Å²) in [6, 6.07) is 32.0. The van der Waals surface area contributed by atoms with Crippen LogP contribution in [0.2, 0.25) is 0 Å². The van der Waals surface area contributed by atoms with Gasteiger partial charge in [0.15, 0.2) is 9.84 Å². The Morgan fingerprint density at radius 1 is 0.909 bits per heavy atom. The van der Waals surface area contributed by atoms with E-state index in [0.717, 1.165) is 44.2 Å². The molecule has 0 unspecified atom stereocenters. The molecule has 2 aromatic heterocycles. The minimum Gasteiger partial charge on any atom is -0.395 e. The summed E-state index contributed by atoms with van der Waals surface area (Å²) in [5.41, 5.74) is 6.85. The first-order chi connectivity index (χ1) is 21.4. The molecule has 0 fully saturated rings. The minimum absolute atomic E-state index is 0.0294. The highest BCUT2D eigenvalue weighted by Crippen LogP contribution is 2.41. The average Bonchev–Trinajstić information content (AvgIpc) is 3.43. The monoisotopic (exact) mass is 604 g/mol. The highest BCUT2D eigenvalue weighted by Gasteiger charge is 2.20. The van der Waals surface area contributed by atoms with Gasteiger partial charge in [-0.3, -0.25) is 4.79 Å². The quantitative estimate of drug-likeness (QED) is 0.176. The van der Waals surface area contributed by atoms with Gasteiger partial charge in [0.1, 0.15) is 5.65 Å². The van der Waals surface area contributed by atoms with Crippen LogP contribution in [0.5, 0.6) is 0 Å². The molecule has 1 amide bonds. The number of nitrogens with one attached hydrogen (secondary N) is 2. The Bertz CT molecular complexity index is 2040. The van der Waals surface area contributed by atoms with Crippen molar-refractivity contribution in [3.63, 3.8) is 0 Å². The van der Waals surface area contributed by atoms with E-state index in [2.05, 4.69) is 22.4 Å². The van der Waals surface area contributed by atoms with Crippen LogP contribution in [0.4, 0.5) is 5.69 Å². The number of likely N-dealkylation sites (N-methyl/N-ethyl adjacent to an activating group) is 1. The third-order valence-electron chi connectivity index (χ3n) is 7.71. The molecule has 0 radical (unpaired) electrons. The normalized spacial score (nSPS) is 11.7. The van der Waals surface area contributed by atoms with E-state index in [4.69, 9.17) is 10.1 Å². The van der Waals surface area contributed by atoms with E-state index in [1.54, 1.807) is 42.3 Å². The van der Waals surface area contributed by atoms with Gasteiger partial charge in [-0.25, -0.2) is 13.4 Å². The summed E-state index contributed by atoms with van der Waals surface area (Å²) in [5.74, 6) is -0.223. The first kappa shape index (κ1) is 29.3. The lowest BCUT2D eigenvalue weighted by atomic mass is 9.92. The molecule has 0 bridgehead atoms. The van der Waals surface area contributed by atoms with Crippen LogP contribution in [0, 0.1) is 0 Å². The number of aliphatic hydroxyl groups excluding tert-OH is 1. The van der Waals surface area contributed by atoms with Crippen LogP contribution in [0.25, 0.3) is 44.2 Å². The second kappa shape index (κ2) is 12.4. The van der Waals surface area contributed by atoms with Crippen LogP contribution in [0.1, 0.15) is 5.56 Å². The number of hydrogen-bond donors (Lipinski definition) is 3. The Morgan fingerprint density at radius 2 is 1.61 bits per heavy atom. The van der Waals surface area contributed by atoms with Crippen LogP contribution < -0.4 is 10.2 Å². The van der Waals surface area contributed by atoms with Crippen molar-refractivity contribution >= 4 is 43.4 Å². The number of carbonyl (C=O) groups excluding carboxylic acids is 1. The van der Waals surface area contributed by atoms with Crippen LogP contribution in [0.15, 0.2) is 114 Å². The topological polar surface area (TPSA) is 115 Å². The number of sulfone groups is 1. The SMILES string of the molecule is CN(C(=O)CNCCO)c1ccc(-c2cnc3[nH]c4ccc(CS(=O)(=O)c5ccccc5)cc4c3c2-c2ccccc2)cc1. The first-order valence-electron chi connectivity index (χ1n) is 14.3. The number of H-pyrrole nitrogens is 1. The standard InChI is InChI=1S/C35H32N4O4S/c1-39(32(41)22-36-18-19-40)27-15-13-25(14-16-27)30-21-37-35-34(33(30)26-8-4-2-5-9-26)29-20-24(12-17-31(29)38-35)23-44(42,43)28-10-6-3-7-11-28/h2-17,20-21,36,40H,18-19,22-23H2,1H3,(H,37,38). The second-order valence-electron chi connectivity index (χ2n) is 10.6. The molecule has 0 aliphatic rings. The van der Waals surface area contributed by atoms with E-state index < -0.39 is 9.84 Å². The lowest BCUT2D eigenvalue weighted by Gasteiger charge is -2.18. The molecule has 0 atom stereocenters. The molecule has 3 N–H and O–H groups in total. The van der Waals surface area contributed by atoms with E-state index in [9.17, 15) is 13.2 Å². The molecule has 0 aliphatic carbocycles. The molecule has 0 aliphatic heterocycles. The lowest BCUT2D eigenvalue weighted by Crippen LogP contribution is -2.36. The molecule has 9 heteroatoms. The van der Waals surface area contributed by atoms with Crippen molar-refractivity contribution in [3.8, 4) is 22.3 Å². The summed E-state index contributed by atoms with van der Waals surface area (Å²) in [7, 11) is -1.80. The Labute approximate surface area is 255 Å². The lowest BCUT2D eigenvalue weighted by molar-refractivity contribution is -0.117. The maximum Gasteiger partial charge on any atom is 0.240 e. The van der Waals surface area contributed by atoms with Gasteiger partial charge in [-0.2, -0.15) is 0 Å². The van der Waals surface area contributed by atoms with Crippen molar-refractivity contribution < 1.29 is 18.3 Å². The maximum absolute atomic E-state index is 13.2. The van der Waals surface area contributed by atoms with E-state index in [1.165, 1.54) is 0 Å². The Hall–Kier alpha value is -4.83. The zero-order valence-corrected chi connectivity index (χ0v) is 25.0. The summed E-state index contributed by atoms with van der Waals surface area (Å²) in [5, 5.41) is 13.7. The molecule has 6 aromatic rings. The molecule has 4 aromatic carbocycles. The number of hydrogen-bond acceptors (Lipinski definition) is 6. The van der Waals surface area contributed by atoms with Gasteiger partial charge in [0.2, 0.25) is 5.91 Å². The van der Waals surface area contributed by atoms with E-state index >= 15 is 0 Å². The van der Waals surface area contributed by atoms with Gasteiger partial charge < -0.3 is 20.3 Å². The van der Waals surface area contributed by atoms with Crippen molar-refractivity contribution in [1.29, 1.82) is 0 Å². The molecule has 0 spiro atoms. The van der Waals surface area contributed by atoms with Gasteiger partial charge in [0, 0.05) is 52.9 Å². The number of pyridine rings is 1. The second-order valence-corrected chi connectivity index (χ2v) is 12.6. The fourth-order valence-electron chi connectivity index (χ4n) is 5.45. The predicted molar refractivity (Wildman–Crippen MR) is 175 cm³/mol. The molecule has 0 saturated heterocycles. The van der Waals surface area contributed by atoms with Gasteiger partial charge in [0.25, 0.3) is 0 Å². The summed E-state index contributed by atoms with van der Waals surface area (Å²) in [6.07, 6.45) is 1.85. The van der Waals surface area contributed by atoms with Crippen molar-refractivity contribution in [2.45, 2.75) is 10.6 Å². The summed E-state index contributed by atoms with van der Waals surface area (Å²) in [4.78, 5) is 22.7. The maximum atomic E-state index is 13.2. The molecule has 2 heterocycles. The first-order valence-corrected chi connectivity index (χ1v) is 16.0. The minimum atomic E-state index is -3.52. The highest BCUT2D eigenvalue weighted by molar-refractivity contribution is 7.90. The summed E-state index contributed by atoms with van der Waals surface area (Å²) >= 11 is 0. The number of nitrogens with zero attached hydrogens (tertiary/aromatic N) is 2. The molecule has 44 heavy (non-hydrogen) atoms. The number of aromatic nitrogens is 2. The molecular weight excluding hydrogens is 572 g/mol. The smallest absolute Gasteiger partial charge is 0.240 e. The number of fused-ring (bicyclic) bond motifs is 3. The Kier molecular flexibility index (Phi) is 8.25. The van der Waals surface area contributed by atoms with Gasteiger partial charge in [-0.1, -0.05) is 66.7 Å². The zero-order chi connectivity index (χ0) is 30.7. The molecule has 8 nitrogen and oxygen atoms in total. The number of aliphatic hydroxyl groups is 1. The Balaban J connectivity index is 1.44. The zero-order valence-electron chi connectivity index (χ0n) is 24.2. The average molecular weight is 605 g/mol. The van der Waals surface area contributed by atoms with Crippen molar-refractivity contribution in [2.75, 3.05) is 31.6 Å². The van der Waals surface area contributed by atoms with Gasteiger partial charge in [0.05, 0.1) is 23.8 Å². The molecule has 222 valence electrons. The van der Waals surface area contributed by atoms with E-state index in [-0.39, 0.29) is 24.8 Å². The molecule has 6 rings (SSSR count). The largest absolute Gasteiger partial charge is 0.395 e. The van der Waals surface area contributed by atoms with Gasteiger partial charge >= 0.3 is 0 Å². The number of aromatic amines is 1. The number of benzene rings is 4. The van der Waals surface area contributed by atoms with Crippen LogP contribution in [-0.2, 0) is 20.4 Å². The van der Waals surface area contributed by atoms with Crippen LogP contribution in [0.3, 0.4) is 0 Å². The third-order valence-corrected chi connectivity index (χ3v) is 9.42. The number of rotatable bonds is 10. The number of amides is 1. The van der Waals surface area contributed by atoms with Crippen molar-refractivity contribution in [2.24, 2.45) is 0 Å². The van der Waals surface area contributed by atoms with E-state index in [1.807, 2.05) is 66.9 Å². The van der Waals surface area contributed by atoms with Crippen LogP contribution >= 0.6 is 0 Å². The van der Waals surface area contributed by atoms with Crippen LogP contribution in [-0.4, -0.2) is 56.1 Å². The molecular formula is C35H32N4O4S. The van der Waals surface area contributed by atoms with Crippen molar-refractivity contribution in [1.82, 2.24) is 15.3 Å². The van der Waals surface area contributed by atoms with E-state index in [0.29, 0.717) is 22.7 Å². The fraction of sp³-hybridized carbons (Fsp3) is 0.143. The predicted octanol–water partition coefficient (Wildman–Crippen LogP) is 5.57. The summed E-state index contributed by atoms with van der Waals surface area (Å²) < 4.78 is 26.4. The van der Waals surface area contributed by atoms with Gasteiger partial charge in [-0.05, 0) is 53.1 Å². The number of carbonyl (C=O) groups is 1. The molecule has 0 saturated carbocycles. The summed E-state index contributed by atoms with van der Waals surface area (Å²) in [6.45, 7) is 0.458. The fourth-order valence-corrected chi connectivity index (χ4v) is 6.81. The van der Waals surface area contributed by atoms with Gasteiger partial charge in [-0.15, -0.1) is 0 Å². The number of anilines is 1.